The van der Waals surface area contributed by atoms with E-state index in [9.17, 15) is 0 Å². The van der Waals surface area contributed by atoms with Crippen LogP contribution < -0.4 is 31.1 Å². The van der Waals surface area contributed by atoms with E-state index in [0.29, 0.717) is 0 Å². The summed E-state index contributed by atoms with van der Waals surface area (Å²) in [7, 11) is 0. The van der Waals surface area contributed by atoms with Crippen molar-refractivity contribution in [3.8, 4) is 0 Å². The third kappa shape index (κ3) is 5.85. The topological polar surface area (TPSA) is 9.72 Å². The van der Waals surface area contributed by atoms with Gasteiger partial charge in [-0.25, -0.2) is 0 Å². The smallest absolute Gasteiger partial charge is 0.252 e. The molecule has 0 spiro atoms. The minimum Gasteiger partial charge on any atom is -0.334 e. The first-order valence-electron chi connectivity index (χ1n) is 24.0. The Hall–Kier alpha value is -5.22. The summed E-state index contributed by atoms with van der Waals surface area (Å²) in [6.45, 7) is 36.6. The van der Waals surface area contributed by atoms with Gasteiger partial charge in [-0.2, -0.15) is 0 Å². The quantitative estimate of drug-likeness (QED) is 0.164. The standard InChI is InChI=1S/C60H70BN3/c1-54(2,3)39-25-28-43(29-26-39)63-50-38-44(64-48-32-27-40(55(4,5)6)35-45(48)59(14)57(10,11)33-34-58(12,13)60(59,64)15)30-31-47(50)61-46-23-19-20-24-49(46)62(42-21-17-16-18-22-42)51-36-41(56(7,8)9)37-52(63)53(51)61/h16-32,35-38H,33-34H2,1-15H3. The first-order valence-corrected chi connectivity index (χ1v) is 24.0. The van der Waals surface area contributed by atoms with E-state index >= 15 is 0 Å². The number of fused-ring (bicyclic) bond motifs is 7. The lowest BCUT2D eigenvalue weighted by atomic mass is 9.33. The molecule has 64 heavy (non-hydrogen) atoms. The summed E-state index contributed by atoms with van der Waals surface area (Å²) < 4.78 is 0. The number of hydrogen-bond donors (Lipinski definition) is 0. The van der Waals surface area contributed by atoms with Crippen LogP contribution in [-0.2, 0) is 21.7 Å². The molecule has 0 N–H and O–H groups in total. The molecular formula is C60H70BN3. The van der Waals surface area contributed by atoms with Gasteiger partial charge in [0.2, 0.25) is 0 Å². The summed E-state index contributed by atoms with van der Waals surface area (Å²) in [5, 5.41) is 0. The van der Waals surface area contributed by atoms with E-state index in [-0.39, 0.29) is 44.7 Å². The molecule has 1 fully saturated rings. The highest BCUT2D eigenvalue weighted by Crippen LogP contribution is 2.71. The summed E-state index contributed by atoms with van der Waals surface area (Å²) >= 11 is 0. The molecule has 0 amide bonds. The summed E-state index contributed by atoms with van der Waals surface area (Å²) in [5.74, 6) is 0. The molecule has 0 aromatic heterocycles. The molecule has 6 aromatic rings. The second-order valence-corrected chi connectivity index (χ2v) is 24.5. The van der Waals surface area contributed by atoms with E-state index in [1.807, 2.05) is 0 Å². The average Bonchev–Trinajstić information content (AvgIpc) is 3.46. The van der Waals surface area contributed by atoms with Gasteiger partial charge in [0.1, 0.15) is 0 Å². The van der Waals surface area contributed by atoms with Crippen LogP contribution in [0.15, 0.2) is 127 Å². The Balaban J connectivity index is 1.29. The first kappa shape index (κ1) is 42.7. The highest BCUT2D eigenvalue weighted by atomic mass is 15.3. The Morgan fingerprint density at radius 3 is 1.56 bits per heavy atom. The normalized spacial score (nSPS) is 21.8. The van der Waals surface area contributed by atoms with Crippen LogP contribution in [0.5, 0.6) is 0 Å². The Kier molecular flexibility index (Phi) is 9.12. The third-order valence-electron chi connectivity index (χ3n) is 17.2. The minimum atomic E-state index is -0.221. The van der Waals surface area contributed by atoms with Crippen molar-refractivity contribution in [2.45, 2.75) is 144 Å². The van der Waals surface area contributed by atoms with E-state index in [1.165, 1.54) is 97.0 Å². The minimum absolute atomic E-state index is 0.0167. The number of benzene rings is 6. The number of rotatable bonds is 3. The van der Waals surface area contributed by atoms with Crippen LogP contribution in [0.4, 0.5) is 45.5 Å². The van der Waals surface area contributed by atoms with E-state index in [0.717, 1.165) is 0 Å². The second kappa shape index (κ2) is 13.7. The zero-order chi connectivity index (χ0) is 45.7. The SMILES string of the molecule is CC(C)(C)c1ccc(N2c3cc(N4c5ccc(C(C)(C)C)cc5C5(C)C(C)(C)CCC(C)(C)C45C)ccc3B3c4ccccc4N(c4ccccc4)c4cc(C(C)(C)C)cc2c43)cc1. The van der Waals surface area contributed by atoms with E-state index < -0.39 is 0 Å². The molecule has 0 radical (unpaired) electrons. The van der Waals surface area contributed by atoms with Crippen LogP contribution >= 0.6 is 0 Å². The van der Waals surface area contributed by atoms with Gasteiger partial charge in [0.25, 0.3) is 6.71 Å². The molecule has 328 valence electrons. The van der Waals surface area contributed by atoms with E-state index in [4.69, 9.17) is 0 Å². The third-order valence-corrected chi connectivity index (χ3v) is 17.2. The highest BCUT2D eigenvalue weighted by Gasteiger charge is 2.70. The fourth-order valence-electron chi connectivity index (χ4n) is 12.6. The molecule has 10 rings (SSSR count). The van der Waals surface area contributed by atoms with Crippen molar-refractivity contribution in [3.63, 3.8) is 0 Å². The van der Waals surface area contributed by atoms with Crippen LogP contribution in [0.2, 0.25) is 0 Å². The van der Waals surface area contributed by atoms with Crippen LogP contribution in [0.1, 0.15) is 139 Å². The van der Waals surface area contributed by atoms with Gasteiger partial charge in [-0.3, -0.25) is 0 Å². The molecule has 0 saturated heterocycles. The Bertz CT molecular complexity index is 2830. The fraction of sp³-hybridized carbons (Fsp3) is 0.400. The lowest BCUT2D eigenvalue weighted by molar-refractivity contribution is -0.0415. The van der Waals surface area contributed by atoms with Crippen molar-refractivity contribution in [3.05, 3.63) is 150 Å². The van der Waals surface area contributed by atoms with Gasteiger partial charge in [-0.15, -0.1) is 0 Å². The summed E-state index contributed by atoms with van der Waals surface area (Å²) in [6, 6.07) is 49.7. The lowest BCUT2D eigenvalue weighted by Gasteiger charge is -2.65. The molecule has 6 aromatic carbocycles. The van der Waals surface area contributed by atoms with Gasteiger partial charge < -0.3 is 14.7 Å². The number of para-hydroxylation sites is 2. The fourth-order valence-corrected chi connectivity index (χ4v) is 12.6. The summed E-state index contributed by atoms with van der Waals surface area (Å²) in [6.07, 6.45) is 2.36. The summed E-state index contributed by atoms with van der Waals surface area (Å²) in [4.78, 5) is 7.97. The number of hydrogen-bond acceptors (Lipinski definition) is 3. The number of anilines is 8. The molecule has 2 atom stereocenters. The van der Waals surface area contributed by atoms with E-state index in [2.05, 4.69) is 246 Å². The molecule has 3 aliphatic heterocycles. The lowest BCUT2D eigenvalue weighted by Crippen LogP contribution is -2.69. The van der Waals surface area contributed by atoms with Gasteiger partial charge in [-0.1, -0.05) is 164 Å². The van der Waals surface area contributed by atoms with Crippen molar-refractivity contribution >= 4 is 68.6 Å². The first-order chi connectivity index (χ1) is 29.9. The molecule has 3 nitrogen and oxygen atoms in total. The molecule has 4 heteroatoms. The second-order valence-electron chi connectivity index (χ2n) is 24.5. The zero-order valence-corrected chi connectivity index (χ0v) is 41.5. The van der Waals surface area contributed by atoms with Crippen LogP contribution in [-0.4, -0.2) is 12.3 Å². The predicted octanol–water partition coefficient (Wildman–Crippen LogP) is 14.7. The van der Waals surface area contributed by atoms with Gasteiger partial charge in [-0.05, 0) is 146 Å². The molecule has 2 unspecified atom stereocenters. The molecular weight excluding hydrogens is 773 g/mol. The maximum Gasteiger partial charge on any atom is 0.252 e. The summed E-state index contributed by atoms with van der Waals surface area (Å²) in [5.41, 5.74) is 19.4. The highest BCUT2D eigenvalue weighted by molar-refractivity contribution is 7.00. The van der Waals surface area contributed by atoms with Crippen molar-refractivity contribution < 1.29 is 0 Å². The average molecular weight is 844 g/mol. The van der Waals surface area contributed by atoms with Crippen molar-refractivity contribution in [1.82, 2.24) is 0 Å². The van der Waals surface area contributed by atoms with Crippen molar-refractivity contribution in [1.29, 1.82) is 0 Å². The van der Waals surface area contributed by atoms with Crippen LogP contribution in [0.3, 0.4) is 0 Å². The van der Waals surface area contributed by atoms with Crippen molar-refractivity contribution in [2.24, 2.45) is 10.8 Å². The zero-order valence-electron chi connectivity index (χ0n) is 41.5. The Morgan fingerprint density at radius 2 is 0.938 bits per heavy atom. The predicted molar refractivity (Wildman–Crippen MR) is 278 cm³/mol. The molecule has 1 saturated carbocycles. The molecule has 0 bridgehead atoms. The van der Waals surface area contributed by atoms with Crippen LogP contribution in [0.25, 0.3) is 0 Å². The van der Waals surface area contributed by atoms with Gasteiger partial charge in [0, 0.05) is 50.9 Å². The Morgan fingerprint density at radius 1 is 0.422 bits per heavy atom. The van der Waals surface area contributed by atoms with Gasteiger partial charge >= 0.3 is 0 Å². The number of nitrogens with zero attached hydrogens (tertiary/aromatic N) is 3. The molecule has 1 aliphatic carbocycles. The van der Waals surface area contributed by atoms with Gasteiger partial charge in [0.15, 0.2) is 0 Å². The Labute approximate surface area is 386 Å². The maximum atomic E-state index is 2.81. The monoisotopic (exact) mass is 844 g/mol. The van der Waals surface area contributed by atoms with Gasteiger partial charge in [0.05, 0.1) is 5.54 Å². The van der Waals surface area contributed by atoms with Crippen LogP contribution in [0, 0.1) is 10.8 Å². The molecule has 4 aliphatic rings. The van der Waals surface area contributed by atoms with Crippen molar-refractivity contribution in [2.75, 3.05) is 14.7 Å². The maximum absolute atomic E-state index is 2.81. The molecule has 3 heterocycles. The largest absolute Gasteiger partial charge is 0.334 e. The van der Waals surface area contributed by atoms with E-state index in [1.54, 1.807) is 0 Å².